The van der Waals surface area contributed by atoms with Crippen LogP contribution in [0.25, 0.3) is 0 Å². The average molecular weight is 370 g/mol. The molecule has 26 heavy (non-hydrogen) atoms. The zero-order chi connectivity index (χ0) is 19.1. The summed E-state index contributed by atoms with van der Waals surface area (Å²) in [6, 6.07) is 0. The Morgan fingerprint density at radius 2 is 1.12 bits per heavy atom. The topological polar surface area (TPSA) is 66.5 Å². The second kappa shape index (κ2) is 14.9. The van der Waals surface area contributed by atoms with Gasteiger partial charge in [-0.05, 0) is 24.7 Å². The van der Waals surface area contributed by atoms with Crippen LogP contribution >= 0.6 is 0 Å². The van der Waals surface area contributed by atoms with Crippen LogP contribution in [-0.2, 0) is 0 Å². The van der Waals surface area contributed by atoms with E-state index in [-0.39, 0.29) is 13.2 Å². The molecule has 1 fully saturated rings. The van der Waals surface area contributed by atoms with Gasteiger partial charge in [-0.3, -0.25) is 0 Å². The van der Waals surface area contributed by atoms with Crippen LogP contribution in [0.2, 0.25) is 0 Å². The number of hydrogen-bond donors (Lipinski definition) is 3. The molecule has 0 aromatic heterocycles. The maximum atomic E-state index is 9.29. The molecule has 0 aromatic rings. The Morgan fingerprint density at radius 1 is 0.692 bits per heavy atom. The molecule has 0 atom stereocenters. The van der Waals surface area contributed by atoms with Gasteiger partial charge in [-0.1, -0.05) is 103 Å². The van der Waals surface area contributed by atoms with Gasteiger partial charge in [0, 0.05) is 0 Å². The molecule has 0 saturated heterocycles. The molecule has 1 aliphatic carbocycles. The number of hydrogen-bond acceptors (Lipinski definition) is 3. The lowest BCUT2D eigenvalue weighted by Gasteiger charge is -2.31. The molecule has 0 spiro atoms. The first-order valence-corrected chi connectivity index (χ1v) is 11.6. The van der Waals surface area contributed by atoms with Crippen molar-refractivity contribution in [1.29, 1.82) is 0 Å². The standard InChI is InChI=1S/C23H47NO2/c1-2-3-4-5-6-7-8-9-10-11-12-21-13-15-22(16-14-21)17-18-23(24,19-25)20-26/h21-22,25-26H,2-20,24H2,1H3. The molecule has 0 unspecified atom stereocenters. The minimum Gasteiger partial charge on any atom is -0.394 e. The Hall–Kier alpha value is -0.120. The van der Waals surface area contributed by atoms with E-state index >= 15 is 0 Å². The van der Waals surface area contributed by atoms with Gasteiger partial charge in [-0.25, -0.2) is 0 Å². The normalized spacial score (nSPS) is 21.2. The SMILES string of the molecule is CCCCCCCCCCCCC1CCC(CCC(N)(CO)CO)CC1. The van der Waals surface area contributed by atoms with Gasteiger partial charge < -0.3 is 15.9 Å². The molecule has 0 bridgehead atoms. The highest BCUT2D eigenvalue weighted by molar-refractivity contribution is 4.84. The van der Waals surface area contributed by atoms with Gasteiger partial charge in [-0.15, -0.1) is 0 Å². The van der Waals surface area contributed by atoms with Crippen molar-refractivity contribution in [3.05, 3.63) is 0 Å². The Kier molecular flexibility index (Phi) is 13.7. The summed E-state index contributed by atoms with van der Waals surface area (Å²) in [5.41, 5.74) is 5.22. The highest BCUT2D eigenvalue weighted by atomic mass is 16.3. The number of aliphatic hydroxyl groups excluding tert-OH is 2. The predicted molar refractivity (Wildman–Crippen MR) is 112 cm³/mol. The monoisotopic (exact) mass is 369 g/mol. The van der Waals surface area contributed by atoms with Gasteiger partial charge in [0.25, 0.3) is 0 Å². The van der Waals surface area contributed by atoms with Crippen molar-refractivity contribution in [2.45, 2.75) is 122 Å². The fraction of sp³-hybridized carbons (Fsp3) is 1.00. The van der Waals surface area contributed by atoms with Crippen molar-refractivity contribution >= 4 is 0 Å². The molecule has 1 saturated carbocycles. The van der Waals surface area contributed by atoms with E-state index in [1.54, 1.807) is 0 Å². The van der Waals surface area contributed by atoms with Crippen LogP contribution in [0.5, 0.6) is 0 Å². The van der Waals surface area contributed by atoms with Crippen LogP contribution in [0.1, 0.15) is 116 Å². The lowest BCUT2D eigenvalue weighted by Crippen LogP contribution is -2.47. The summed E-state index contributed by atoms with van der Waals surface area (Å²) in [6.07, 6.45) is 22.9. The van der Waals surface area contributed by atoms with Crippen LogP contribution in [0, 0.1) is 11.8 Å². The zero-order valence-corrected chi connectivity index (χ0v) is 17.6. The largest absolute Gasteiger partial charge is 0.394 e. The first-order valence-electron chi connectivity index (χ1n) is 11.6. The van der Waals surface area contributed by atoms with Crippen LogP contribution in [0.4, 0.5) is 0 Å². The zero-order valence-electron chi connectivity index (χ0n) is 17.6. The second-order valence-corrected chi connectivity index (χ2v) is 9.07. The van der Waals surface area contributed by atoms with Gasteiger partial charge in [0.1, 0.15) is 0 Å². The van der Waals surface area contributed by atoms with Gasteiger partial charge in [0.05, 0.1) is 18.8 Å². The molecule has 4 N–H and O–H groups in total. The van der Waals surface area contributed by atoms with Crippen LogP contribution in [-0.4, -0.2) is 29.0 Å². The van der Waals surface area contributed by atoms with Gasteiger partial charge in [0.2, 0.25) is 0 Å². The van der Waals surface area contributed by atoms with E-state index in [4.69, 9.17) is 5.73 Å². The van der Waals surface area contributed by atoms with E-state index in [1.807, 2.05) is 0 Å². The van der Waals surface area contributed by atoms with E-state index < -0.39 is 5.54 Å². The number of nitrogens with two attached hydrogens (primary N) is 1. The highest BCUT2D eigenvalue weighted by Gasteiger charge is 2.26. The molecule has 0 aliphatic heterocycles. The minimum atomic E-state index is -0.771. The third-order valence-corrected chi connectivity index (χ3v) is 6.61. The molecule has 0 heterocycles. The summed E-state index contributed by atoms with van der Waals surface area (Å²) in [5.74, 6) is 1.69. The molecule has 1 aliphatic rings. The minimum absolute atomic E-state index is 0.114. The molecule has 156 valence electrons. The molecule has 0 aromatic carbocycles. The third-order valence-electron chi connectivity index (χ3n) is 6.61. The summed E-state index contributed by atoms with van der Waals surface area (Å²) in [7, 11) is 0. The predicted octanol–water partition coefficient (Wildman–Crippen LogP) is 5.57. The summed E-state index contributed by atoms with van der Waals surface area (Å²) >= 11 is 0. The van der Waals surface area contributed by atoms with Crippen molar-refractivity contribution in [1.82, 2.24) is 0 Å². The van der Waals surface area contributed by atoms with E-state index in [0.717, 1.165) is 24.7 Å². The fourth-order valence-electron chi connectivity index (χ4n) is 4.43. The molecule has 1 rings (SSSR count). The second-order valence-electron chi connectivity index (χ2n) is 9.07. The number of aliphatic hydroxyl groups is 2. The lowest BCUT2D eigenvalue weighted by atomic mass is 9.76. The van der Waals surface area contributed by atoms with Crippen LogP contribution in [0.3, 0.4) is 0 Å². The summed E-state index contributed by atoms with van der Waals surface area (Å²) in [4.78, 5) is 0. The molecular weight excluding hydrogens is 322 g/mol. The molecular formula is C23H47NO2. The van der Waals surface area contributed by atoms with Gasteiger partial charge >= 0.3 is 0 Å². The van der Waals surface area contributed by atoms with Crippen molar-refractivity contribution in [3.8, 4) is 0 Å². The van der Waals surface area contributed by atoms with Crippen LogP contribution < -0.4 is 5.73 Å². The molecule has 0 radical (unpaired) electrons. The lowest BCUT2D eigenvalue weighted by molar-refractivity contribution is 0.104. The van der Waals surface area contributed by atoms with Crippen molar-refractivity contribution in [2.75, 3.05) is 13.2 Å². The molecule has 3 nitrogen and oxygen atoms in total. The number of rotatable bonds is 16. The van der Waals surface area contributed by atoms with Crippen molar-refractivity contribution in [3.63, 3.8) is 0 Å². The Bertz CT molecular complexity index is 309. The smallest absolute Gasteiger partial charge is 0.0633 e. The Morgan fingerprint density at radius 3 is 1.58 bits per heavy atom. The number of unbranched alkanes of at least 4 members (excludes halogenated alkanes) is 9. The first-order chi connectivity index (χ1) is 12.6. The van der Waals surface area contributed by atoms with Crippen molar-refractivity contribution in [2.24, 2.45) is 17.6 Å². The first kappa shape index (κ1) is 23.9. The quantitative estimate of drug-likeness (QED) is 0.312. The Balaban J connectivity index is 1.94. The summed E-state index contributed by atoms with van der Waals surface area (Å²) in [6.45, 7) is 2.06. The molecule has 3 heteroatoms. The van der Waals surface area contributed by atoms with Gasteiger partial charge in [-0.2, -0.15) is 0 Å². The maximum absolute atomic E-state index is 9.29. The highest BCUT2D eigenvalue weighted by Crippen LogP contribution is 2.35. The van der Waals surface area contributed by atoms with Crippen molar-refractivity contribution < 1.29 is 10.2 Å². The average Bonchev–Trinajstić information content (AvgIpc) is 2.68. The van der Waals surface area contributed by atoms with E-state index in [0.29, 0.717) is 0 Å². The van der Waals surface area contributed by atoms with Crippen LogP contribution in [0.15, 0.2) is 0 Å². The van der Waals surface area contributed by atoms with E-state index in [1.165, 1.54) is 96.3 Å². The third kappa shape index (κ3) is 10.9. The summed E-state index contributed by atoms with van der Waals surface area (Å²) in [5, 5.41) is 18.6. The van der Waals surface area contributed by atoms with E-state index in [9.17, 15) is 10.2 Å². The fourth-order valence-corrected chi connectivity index (χ4v) is 4.43. The van der Waals surface area contributed by atoms with E-state index in [2.05, 4.69) is 6.92 Å². The summed E-state index contributed by atoms with van der Waals surface area (Å²) < 4.78 is 0. The van der Waals surface area contributed by atoms with Gasteiger partial charge in [0.15, 0.2) is 0 Å². The Labute approximate surface area is 163 Å². The molecule has 0 amide bonds. The maximum Gasteiger partial charge on any atom is 0.0633 e.